The molecule has 1 aliphatic carbocycles. The lowest BCUT2D eigenvalue weighted by molar-refractivity contribution is -0.385. The summed E-state index contributed by atoms with van der Waals surface area (Å²) in [7, 11) is 0. The summed E-state index contributed by atoms with van der Waals surface area (Å²) in [6.45, 7) is 0.762. The zero-order valence-corrected chi connectivity index (χ0v) is 17.9. The maximum absolute atomic E-state index is 11.3. The summed E-state index contributed by atoms with van der Waals surface area (Å²) in [5, 5.41) is 25.4. The number of para-hydroxylation sites is 2. The van der Waals surface area contributed by atoms with Crippen molar-refractivity contribution < 1.29 is 19.5 Å². The number of hydrogen-bond acceptors (Lipinski definition) is 6. The minimum Gasteiger partial charge on any atom is -0.508 e. The van der Waals surface area contributed by atoms with E-state index in [0.29, 0.717) is 24.5 Å². The first-order valence-corrected chi connectivity index (χ1v) is 11.0. The van der Waals surface area contributed by atoms with Gasteiger partial charge in [-0.1, -0.05) is 42.5 Å². The van der Waals surface area contributed by atoms with Crippen molar-refractivity contribution in [1.82, 2.24) is 0 Å². The summed E-state index contributed by atoms with van der Waals surface area (Å²) >= 11 is 0. The van der Waals surface area contributed by atoms with Crippen LogP contribution in [0.25, 0.3) is 0 Å². The number of rotatable bonds is 7. The van der Waals surface area contributed by atoms with Crippen LogP contribution in [0.1, 0.15) is 29.5 Å². The molecule has 0 spiro atoms. The third-order valence-corrected chi connectivity index (χ3v) is 6.27. The Balaban J connectivity index is 1.40. The number of ether oxygens (including phenoxy) is 2. The summed E-state index contributed by atoms with van der Waals surface area (Å²) in [6, 6.07) is 19.4. The summed E-state index contributed by atoms with van der Waals surface area (Å²) in [4.78, 5) is 10.9. The van der Waals surface area contributed by atoms with E-state index >= 15 is 0 Å². The third-order valence-electron chi connectivity index (χ3n) is 6.27. The van der Waals surface area contributed by atoms with Gasteiger partial charge in [0, 0.05) is 23.6 Å². The van der Waals surface area contributed by atoms with Crippen molar-refractivity contribution in [2.24, 2.45) is 5.92 Å². The lowest BCUT2D eigenvalue weighted by Gasteiger charge is -2.38. The van der Waals surface area contributed by atoms with Crippen LogP contribution >= 0.6 is 0 Å². The first-order chi connectivity index (χ1) is 16.1. The Hall–Kier alpha value is -4.00. The molecule has 2 N–H and O–H groups in total. The van der Waals surface area contributed by atoms with Crippen molar-refractivity contribution in [3.63, 3.8) is 0 Å². The molecule has 3 unspecified atom stereocenters. The molecule has 1 heterocycles. The molecule has 3 aromatic rings. The van der Waals surface area contributed by atoms with Crippen LogP contribution in [0.2, 0.25) is 0 Å². The van der Waals surface area contributed by atoms with Gasteiger partial charge in [0.25, 0.3) is 5.69 Å². The Morgan fingerprint density at radius 1 is 1.00 bits per heavy atom. The molecule has 0 aromatic heterocycles. The van der Waals surface area contributed by atoms with Crippen LogP contribution in [-0.4, -0.2) is 23.2 Å². The van der Waals surface area contributed by atoms with E-state index in [2.05, 4.69) is 23.5 Å². The van der Waals surface area contributed by atoms with Crippen molar-refractivity contribution in [3.8, 4) is 17.2 Å². The van der Waals surface area contributed by atoms with E-state index in [9.17, 15) is 15.2 Å². The molecule has 0 bridgehead atoms. The van der Waals surface area contributed by atoms with Crippen molar-refractivity contribution in [3.05, 3.63) is 100 Å². The van der Waals surface area contributed by atoms with E-state index in [1.165, 1.54) is 18.2 Å². The highest BCUT2D eigenvalue weighted by molar-refractivity contribution is 5.68. The van der Waals surface area contributed by atoms with Crippen LogP contribution in [0.5, 0.6) is 17.2 Å². The predicted octanol–water partition coefficient (Wildman–Crippen LogP) is 5.58. The van der Waals surface area contributed by atoms with Gasteiger partial charge in [0.2, 0.25) is 0 Å². The maximum atomic E-state index is 11.3. The maximum Gasteiger partial charge on any atom is 0.270 e. The number of phenolic OH excluding ortho intramolecular Hbond substituents is 1. The predicted molar refractivity (Wildman–Crippen MR) is 125 cm³/mol. The number of anilines is 1. The molecule has 3 aromatic carbocycles. The number of benzene rings is 3. The molecule has 5 rings (SSSR count). The summed E-state index contributed by atoms with van der Waals surface area (Å²) in [5.41, 5.74) is 2.45. The van der Waals surface area contributed by atoms with E-state index in [1.807, 2.05) is 42.5 Å². The second kappa shape index (κ2) is 8.86. The van der Waals surface area contributed by atoms with Gasteiger partial charge in [0.05, 0.1) is 16.7 Å². The fraction of sp³-hybridized carbons (Fsp3) is 0.231. The molecule has 0 saturated heterocycles. The Morgan fingerprint density at radius 2 is 1.82 bits per heavy atom. The normalized spacial score (nSPS) is 20.4. The number of nitro benzene ring substituents is 1. The zero-order valence-electron chi connectivity index (χ0n) is 17.9. The number of aromatic hydroxyl groups is 1. The average Bonchev–Trinajstić information content (AvgIpc) is 3.33. The fourth-order valence-electron chi connectivity index (χ4n) is 4.75. The quantitative estimate of drug-likeness (QED) is 0.214. The molecule has 0 saturated carbocycles. The second-order valence-corrected chi connectivity index (χ2v) is 8.21. The highest BCUT2D eigenvalue weighted by Gasteiger charge is 2.40. The Bertz CT molecular complexity index is 1190. The molecule has 168 valence electrons. The van der Waals surface area contributed by atoms with Crippen molar-refractivity contribution in [2.45, 2.75) is 18.4 Å². The number of hydrogen-bond donors (Lipinski definition) is 2. The second-order valence-electron chi connectivity index (χ2n) is 8.21. The highest BCUT2D eigenvalue weighted by atomic mass is 16.6. The van der Waals surface area contributed by atoms with E-state index in [1.54, 1.807) is 0 Å². The van der Waals surface area contributed by atoms with Gasteiger partial charge in [-0.3, -0.25) is 10.1 Å². The van der Waals surface area contributed by atoms with Gasteiger partial charge in [-0.05, 0) is 42.2 Å². The van der Waals surface area contributed by atoms with Crippen LogP contribution in [0, 0.1) is 16.0 Å². The molecule has 2 aliphatic rings. The van der Waals surface area contributed by atoms with E-state index in [-0.39, 0.29) is 29.3 Å². The molecule has 0 fully saturated rings. The zero-order chi connectivity index (χ0) is 22.8. The monoisotopic (exact) mass is 444 g/mol. The number of non-ortho nitro benzene ring substituents is 1. The van der Waals surface area contributed by atoms with Gasteiger partial charge in [0.15, 0.2) is 0 Å². The van der Waals surface area contributed by atoms with Gasteiger partial charge in [0.1, 0.15) is 30.5 Å². The molecule has 0 radical (unpaired) electrons. The van der Waals surface area contributed by atoms with Gasteiger partial charge >= 0.3 is 0 Å². The molecule has 7 nitrogen and oxygen atoms in total. The van der Waals surface area contributed by atoms with E-state index in [4.69, 9.17) is 9.47 Å². The average molecular weight is 444 g/mol. The number of nitrogens with one attached hydrogen (secondary N) is 1. The highest BCUT2D eigenvalue weighted by Crippen LogP contribution is 2.53. The van der Waals surface area contributed by atoms with E-state index < -0.39 is 4.92 Å². The summed E-state index contributed by atoms with van der Waals surface area (Å²) in [6.07, 6.45) is 5.13. The first kappa shape index (κ1) is 20.9. The van der Waals surface area contributed by atoms with Gasteiger partial charge in [-0.25, -0.2) is 0 Å². The van der Waals surface area contributed by atoms with Crippen molar-refractivity contribution in [2.75, 3.05) is 18.5 Å². The molecular weight excluding hydrogens is 420 g/mol. The minimum atomic E-state index is -0.439. The van der Waals surface area contributed by atoms with Crippen molar-refractivity contribution >= 4 is 11.4 Å². The van der Waals surface area contributed by atoms with Gasteiger partial charge in [-0.15, -0.1) is 0 Å². The van der Waals surface area contributed by atoms with Gasteiger partial charge in [-0.2, -0.15) is 0 Å². The third kappa shape index (κ3) is 4.09. The largest absolute Gasteiger partial charge is 0.508 e. The lowest BCUT2D eigenvalue weighted by atomic mass is 9.76. The van der Waals surface area contributed by atoms with Crippen LogP contribution in [0.4, 0.5) is 11.4 Å². The van der Waals surface area contributed by atoms with Gasteiger partial charge < -0.3 is 19.9 Å². The van der Waals surface area contributed by atoms with Crippen LogP contribution in [-0.2, 0) is 0 Å². The summed E-state index contributed by atoms with van der Waals surface area (Å²) < 4.78 is 11.8. The standard InChI is InChI=1S/C26H24N2O5/c29-23-13-12-17(28(30)31)16-22(23)25-20-9-4-8-19(20)21-10-5-11-24(26(21)27-25)33-15-14-32-18-6-2-1-3-7-18/h1-8,10-13,16,19-20,25,27,29H,9,14-15H2. The van der Waals surface area contributed by atoms with Crippen LogP contribution in [0.15, 0.2) is 78.9 Å². The molecule has 1 aliphatic heterocycles. The number of nitro groups is 1. The van der Waals surface area contributed by atoms with E-state index in [0.717, 1.165) is 23.4 Å². The Labute approximate surface area is 191 Å². The molecule has 7 heteroatoms. The number of nitrogens with zero attached hydrogens (tertiary/aromatic N) is 1. The molecule has 0 amide bonds. The Morgan fingerprint density at radius 3 is 2.64 bits per heavy atom. The Kier molecular flexibility index (Phi) is 5.60. The lowest BCUT2D eigenvalue weighted by Crippen LogP contribution is -2.29. The van der Waals surface area contributed by atoms with Crippen LogP contribution < -0.4 is 14.8 Å². The first-order valence-electron chi connectivity index (χ1n) is 11.0. The summed E-state index contributed by atoms with van der Waals surface area (Å²) in [5.74, 6) is 1.80. The number of phenols is 1. The SMILES string of the molecule is O=[N+]([O-])c1ccc(O)c(C2Nc3c(OCCOc4ccccc4)cccc3C3C=CCC32)c1. The van der Waals surface area contributed by atoms with Crippen LogP contribution in [0.3, 0.4) is 0 Å². The fourth-order valence-corrected chi connectivity index (χ4v) is 4.75. The minimum absolute atomic E-state index is 0.0412. The number of allylic oxidation sites excluding steroid dienone is 2. The number of fused-ring (bicyclic) bond motifs is 3. The molecular formula is C26H24N2O5. The molecule has 33 heavy (non-hydrogen) atoms. The van der Waals surface area contributed by atoms with Crippen molar-refractivity contribution in [1.29, 1.82) is 0 Å². The topological polar surface area (TPSA) is 93.9 Å². The smallest absolute Gasteiger partial charge is 0.270 e. The molecule has 3 atom stereocenters.